The Morgan fingerprint density at radius 2 is 2.00 bits per heavy atom. The zero-order valence-corrected chi connectivity index (χ0v) is 12.7. The molecule has 24 heavy (non-hydrogen) atoms. The summed E-state index contributed by atoms with van der Waals surface area (Å²) in [5.41, 5.74) is 0.869. The van der Waals surface area contributed by atoms with Gasteiger partial charge in [-0.15, -0.1) is 0 Å². The Bertz CT molecular complexity index is 949. The van der Waals surface area contributed by atoms with Crippen LogP contribution in [0, 0.1) is 27.3 Å². The summed E-state index contributed by atoms with van der Waals surface area (Å²) in [6.45, 7) is 0. The number of nitro groups is 1. The minimum Gasteiger partial charge on any atom is -0.333 e. The van der Waals surface area contributed by atoms with Gasteiger partial charge in [-0.25, -0.2) is 14.4 Å². The van der Waals surface area contributed by atoms with Crippen molar-refractivity contribution in [3.63, 3.8) is 0 Å². The summed E-state index contributed by atoms with van der Waals surface area (Å²) in [5.74, 6) is -0.327. The molecule has 0 unspecified atom stereocenters. The van der Waals surface area contributed by atoms with Crippen LogP contribution in [0.3, 0.4) is 0 Å². The number of imidazole rings is 1. The van der Waals surface area contributed by atoms with Gasteiger partial charge in [-0.3, -0.25) is 10.1 Å². The Labute approximate surface area is 139 Å². The maximum atomic E-state index is 12.9. The maximum Gasteiger partial charge on any atom is 0.305 e. The van der Waals surface area contributed by atoms with E-state index in [1.807, 2.05) is 0 Å². The number of rotatable bonds is 4. The van der Waals surface area contributed by atoms with Crippen molar-refractivity contribution in [2.24, 2.45) is 0 Å². The SMILES string of the molecule is N#Cc1nc(Sc2ncc(-c3ccc(F)cc3)[nH]2)ccc1[N+](=O)[O-]. The van der Waals surface area contributed by atoms with E-state index in [1.54, 1.807) is 24.4 Å². The van der Waals surface area contributed by atoms with Crippen molar-refractivity contribution in [3.05, 3.63) is 64.2 Å². The van der Waals surface area contributed by atoms with Gasteiger partial charge in [-0.1, -0.05) is 0 Å². The van der Waals surface area contributed by atoms with Gasteiger partial charge in [0.05, 0.1) is 16.8 Å². The minimum atomic E-state index is -0.653. The molecule has 1 aromatic carbocycles. The first-order chi connectivity index (χ1) is 11.6. The number of nitrogens with zero attached hydrogens (tertiary/aromatic N) is 4. The van der Waals surface area contributed by atoms with Crippen LogP contribution in [0.4, 0.5) is 10.1 Å². The number of halogens is 1. The summed E-state index contributed by atoms with van der Waals surface area (Å²) in [5, 5.41) is 20.6. The van der Waals surface area contributed by atoms with Crippen LogP contribution in [0.2, 0.25) is 0 Å². The number of nitriles is 1. The lowest BCUT2D eigenvalue weighted by atomic mass is 10.2. The summed E-state index contributed by atoms with van der Waals surface area (Å²) >= 11 is 1.13. The monoisotopic (exact) mass is 341 g/mol. The molecule has 0 radical (unpaired) electrons. The van der Waals surface area contributed by atoms with Crippen LogP contribution in [-0.2, 0) is 0 Å². The molecule has 0 fully saturated rings. The van der Waals surface area contributed by atoms with Crippen molar-refractivity contribution < 1.29 is 9.31 Å². The lowest BCUT2D eigenvalue weighted by molar-refractivity contribution is -0.385. The molecule has 0 saturated carbocycles. The van der Waals surface area contributed by atoms with Gasteiger partial charge in [0, 0.05) is 6.07 Å². The van der Waals surface area contributed by atoms with Crippen LogP contribution in [0.1, 0.15) is 5.69 Å². The largest absolute Gasteiger partial charge is 0.333 e. The van der Waals surface area contributed by atoms with E-state index in [9.17, 15) is 14.5 Å². The molecule has 0 atom stereocenters. The summed E-state index contributed by atoms with van der Waals surface area (Å²) in [6.07, 6.45) is 1.59. The van der Waals surface area contributed by atoms with Crippen LogP contribution in [0.15, 0.2) is 52.8 Å². The molecule has 0 aliphatic heterocycles. The summed E-state index contributed by atoms with van der Waals surface area (Å²) in [4.78, 5) is 21.3. The third kappa shape index (κ3) is 3.23. The highest BCUT2D eigenvalue weighted by Crippen LogP contribution is 2.28. The van der Waals surface area contributed by atoms with E-state index in [4.69, 9.17) is 5.26 Å². The van der Waals surface area contributed by atoms with Gasteiger partial charge in [0.1, 0.15) is 16.9 Å². The zero-order chi connectivity index (χ0) is 17.1. The molecule has 0 spiro atoms. The predicted octanol–water partition coefficient (Wildman–Crippen LogP) is 3.54. The van der Waals surface area contributed by atoms with Gasteiger partial charge in [-0.05, 0) is 47.7 Å². The average molecular weight is 341 g/mol. The van der Waals surface area contributed by atoms with Crippen molar-refractivity contribution in [2.75, 3.05) is 0 Å². The van der Waals surface area contributed by atoms with Crippen LogP contribution in [0.5, 0.6) is 0 Å². The molecule has 3 rings (SSSR count). The Morgan fingerprint density at radius 1 is 1.25 bits per heavy atom. The van der Waals surface area contributed by atoms with Crippen molar-refractivity contribution in [3.8, 4) is 17.3 Å². The van der Waals surface area contributed by atoms with Gasteiger partial charge in [-0.2, -0.15) is 5.26 Å². The molecule has 9 heteroatoms. The number of H-pyrrole nitrogens is 1. The third-order valence-corrected chi connectivity index (χ3v) is 3.90. The Morgan fingerprint density at radius 3 is 2.67 bits per heavy atom. The number of aromatic amines is 1. The Balaban J connectivity index is 1.84. The number of hydrogen-bond donors (Lipinski definition) is 1. The first-order valence-corrected chi connectivity index (χ1v) is 7.43. The maximum absolute atomic E-state index is 12.9. The standard InChI is InChI=1S/C15H8FN5O2S/c16-10-3-1-9(2-4-10)12-8-18-15(20-12)24-14-6-5-13(21(22)23)11(7-17)19-14/h1-6,8H,(H,18,20). The quantitative estimate of drug-likeness (QED) is 0.574. The first kappa shape index (κ1) is 15.6. The summed E-state index contributed by atoms with van der Waals surface area (Å²) in [6, 6.07) is 10.3. The van der Waals surface area contributed by atoms with E-state index < -0.39 is 4.92 Å². The minimum absolute atomic E-state index is 0.254. The van der Waals surface area contributed by atoms with E-state index in [0.29, 0.717) is 15.9 Å². The number of hydrogen-bond acceptors (Lipinski definition) is 6. The second-order valence-electron chi connectivity index (χ2n) is 4.60. The van der Waals surface area contributed by atoms with Crippen molar-refractivity contribution in [1.29, 1.82) is 5.26 Å². The third-order valence-electron chi connectivity index (χ3n) is 3.06. The highest BCUT2D eigenvalue weighted by Gasteiger charge is 2.16. The van der Waals surface area contributed by atoms with Crippen LogP contribution in [0.25, 0.3) is 11.3 Å². The van der Waals surface area contributed by atoms with Gasteiger partial charge >= 0.3 is 5.69 Å². The summed E-state index contributed by atoms with van der Waals surface area (Å²) < 4.78 is 12.9. The van der Waals surface area contributed by atoms with E-state index in [-0.39, 0.29) is 17.2 Å². The van der Waals surface area contributed by atoms with Crippen molar-refractivity contribution in [1.82, 2.24) is 15.0 Å². The lowest BCUT2D eigenvalue weighted by Crippen LogP contribution is -1.96. The van der Waals surface area contributed by atoms with Crippen LogP contribution >= 0.6 is 11.8 Å². The lowest BCUT2D eigenvalue weighted by Gasteiger charge is -1.99. The smallest absolute Gasteiger partial charge is 0.305 e. The summed E-state index contributed by atoms with van der Waals surface area (Å²) in [7, 11) is 0. The molecule has 0 saturated heterocycles. The molecule has 118 valence electrons. The second-order valence-corrected chi connectivity index (χ2v) is 5.61. The molecular weight excluding hydrogens is 333 g/mol. The highest BCUT2D eigenvalue weighted by molar-refractivity contribution is 7.99. The molecule has 0 aliphatic rings. The predicted molar refractivity (Wildman–Crippen MR) is 83.7 cm³/mol. The molecule has 0 bridgehead atoms. The van der Waals surface area contributed by atoms with Crippen LogP contribution in [-0.4, -0.2) is 19.9 Å². The van der Waals surface area contributed by atoms with Crippen molar-refractivity contribution >= 4 is 17.4 Å². The topological polar surface area (TPSA) is 108 Å². The number of benzene rings is 1. The fraction of sp³-hybridized carbons (Fsp3) is 0. The van der Waals surface area contributed by atoms with Crippen molar-refractivity contribution in [2.45, 2.75) is 10.2 Å². The van der Waals surface area contributed by atoms with E-state index in [2.05, 4.69) is 15.0 Å². The normalized spacial score (nSPS) is 10.3. The van der Waals surface area contributed by atoms with Crippen LogP contribution < -0.4 is 0 Å². The molecule has 0 aliphatic carbocycles. The van der Waals surface area contributed by atoms with Gasteiger partial charge in [0.2, 0.25) is 5.69 Å². The number of aromatic nitrogens is 3. The van der Waals surface area contributed by atoms with E-state index in [0.717, 1.165) is 17.3 Å². The van der Waals surface area contributed by atoms with Gasteiger partial charge in [0.15, 0.2) is 5.16 Å². The fourth-order valence-corrected chi connectivity index (χ4v) is 2.69. The van der Waals surface area contributed by atoms with E-state index in [1.165, 1.54) is 24.3 Å². The fourth-order valence-electron chi connectivity index (χ4n) is 1.95. The molecule has 2 aromatic heterocycles. The highest BCUT2D eigenvalue weighted by atomic mass is 32.2. The first-order valence-electron chi connectivity index (χ1n) is 6.61. The Hall–Kier alpha value is -3.25. The number of nitrogens with one attached hydrogen (secondary N) is 1. The molecule has 1 N–H and O–H groups in total. The molecule has 7 nitrogen and oxygen atoms in total. The molecular formula is C15H8FN5O2S. The van der Waals surface area contributed by atoms with Gasteiger partial charge in [0.25, 0.3) is 0 Å². The van der Waals surface area contributed by atoms with Gasteiger partial charge < -0.3 is 4.98 Å². The number of pyridine rings is 1. The van der Waals surface area contributed by atoms with E-state index >= 15 is 0 Å². The molecule has 0 amide bonds. The molecule has 2 heterocycles. The zero-order valence-electron chi connectivity index (χ0n) is 11.9. The average Bonchev–Trinajstić information content (AvgIpc) is 3.03. The molecule has 3 aromatic rings. The second kappa shape index (κ2) is 6.47. The Kier molecular flexibility index (Phi) is 4.22.